The molecule has 0 unspecified atom stereocenters. The second-order valence-corrected chi connectivity index (χ2v) is 6.14. The van der Waals surface area contributed by atoms with Crippen molar-refractivity contribution in [2.75, 3.05) is 20.1 Å². The Morgan fingerprint density at radius 1 is 1.25 bits per heavy atom. The maximum atomic E-state index is 10.9. The van der Waals surface area contributed by atoms with E-state index in [2.05, 4.69) is 36.2 Å². The second-order valence-electron chi connectivity index (χ2n) is 6.14. The van der Waals surface area contributed by atoms with Crippen LogP contribution in [0.25, 0.3) is 10.8 Å². The molecule has 0 spiro atoms. The molecule has 2 aliphatic rings. The predicted octanol–water partition coefficient (Wildman–Crippen LogP) is 2.42. The summed E-state index contributed by atoms with van der Waals surface area (Å²) < 4.78 is 6.11. The van der Waals surface area contributed by atoms with Gasteiger partial charge in [-0.3, -0.25) is 0 Å². The molecule has 1 saturated heterocycles. The van der Waals surface area contributed by atoms with E-state index in [1.165, 1.54) is 10.9 Å². The molecule has 4 rings (SSSR count). The summed E-state index contributed by atoms with van der Waals surface area (Å²) in [7, 11) is 2.11. The quantitative estimate of drug-likeness (QED) is 0.797. The van der Waals surface area contributed by atoms with Crippen LogP contribution < -0.4 is 4.74 Å². The number of hydrogen-bond acceptors (Lipinski definition) is 3. The lowest BCUT2D eigenvalue weighted by Crippen LogP contribution is -2.56. The van der Waals surface area contributed by atoms with Crippen LogP contribution in [0.15, 0.2) is 36.4 Å². The van der Waals surface area contributed by atoms with Crippen molar-refractivity contribution in [1.82, 2.24) is 4.90 Å². The molecule has 2 heterocycles. The third-order valence-corrected chi connectivity index (χ3v) is 4.73. The van der Waals surface area contributed by atoms with Crippen molar-refractivity contribution in [3.8, 4) is 5.75 Å². The van der Waals surface area contributed by atoms with Gasteiger partial charge in [0.15, 0.2) is 0 Å². The van der Waals surface area contributed by atoms with Gasteiger partial charge in [-0.25, -0.2) is 0 Å². The average molecular weight is 269 g/mol. The summed E-state index contributed by atoms with van der Waals surface area (Å²) in [5.74, 6) is 0.0465. The number of aliphatic hydroxyl groups is 1. The van der Waals surface area contributed by atoms with Crippen LogP contribution >= 0.6 is 0 Å². The first-order chi connectivity index (χ1) is 9.66. The Morgan fingerprint density at radius 2 is 2.10 bits per heavy atom. The first-order valence-corrected chi connectivity index (χ1v) is 7.26. The molecule has 3 heteroatoms. The molecule has 2 aromatic carbocycles. The summed E-state index contributed by atoms with van der Waals surface area (Å²) >= 11 is 0. The van der Waals surface area contributed by atoms with Crippen LogP contribution in [0.3, 0.4) is 0 Å². The van der Waals surface area contributed by atoms with E-state index < -0.39 is 5.79 Å². The van der Waals surface area contributed by atoms with E-state index in [-0.39, 0.29) is 5.92 Å². The first-order valence-electron chi connectivity index (χ1n) is 7.26. The van der Waals surface area contributed by atoms with Gasteiger partial charge in [0.05, 0.1) is 0 Å². The van der Waals surface area contributed by atoms with Crippen molar-refractivity contribution < 1.29 is 9.84 Å². The Labute approximate surface area is 118 Å². The lowest BCUT2D eigenvalue weighted by atomic mass is 9.82. The number of nitrogens with zero attached hydrogens (tertiary/aromatic N) is 1. The topological polar surface area (TPSA) is 32.7 Å². The van der Waals surface area contributed by atoms with E-state index in [9.17, 15) is 5.11 Å². The Morgan fingerprint density at radius 3 is 3.00 bits per heavy atom. The number of rotatable bonds is 0. The number of benzene rings is 2. The summed E-state index contributed by atoms with van der Waals surface area (Å²) in [4.78, 5) is 2.27. The van der Waals surface area contributed by atoms with Crippen molar-refractivity contribution in [3.05, 3.63) is 42.0 Å². The van der Waals surface area contributed by atoms with Crippen molar-refractivity contribution in [1.29, 1.82) is 0 Å². The number of hydrogen-bond donors (Lipinski definition) is 1. The largest absolute Gasteiger partial charge is 0.461 e. The van der Waals surface area contributed by atoms with Gasteiger partial charge in [0.1, 0.15) is 5.75 Å². The molecule has 0 amide bonds. The first kappa shape index (κ1) is 12.2. The van der Waals surface area contributed by atoms with Gasteiger partial charge in [0.25, 0.3) is 0 Å². The van der Waals surface area contributed by atoms with Gasteiger partial charge in [-0.1, -0.05) is 36.4 Å². The lowest BCUT2D eigenvalue weighted by molar-refractivity contribution is -0.211. The smallest absolute Gasteiger partial charge is 0.213 e. The van der Waals surface area contributed by atoms with E-state index in [1.807, 2.05) is 12.1 Å². The minimum Gasteiger partial charge on any atom is -0.461 e. The van der Waals surface area contributed by atoms with Gasteiger partial charge in [-0.15, -0.1) is 0 Å². The molecule has 0 aliphatic carbocycles. The Hall–Kier alpha value is -1.58. The average Bonchev–Trinajstić information content (AvgIpc) is 2.46. The van der Waals surface area contributed by atoms with Crippen LogP contribution in [-0.4, -0.2) is 35.9 Å². The van der Waals surface area contributed by atoms with Gasteiger partial charge in [0.2, 0.25) is 5.79 Å². The number of ether oxygens (including phenoxy) is 1. The summed E-state index contributed by atoms with van der Waals surface area (Å²) in [5.41, 5.74) is 1.22. The fourth-order valence-electron chi connectivity index (χ4n) is 3.54. The van der Waals surface area contributed by atoms with Gasteiger partial charge >= 0.3 is 0 Å². The minimum atomic E-state index is -0.996. The van der Waals surface area contributed by atoms with Crippen LogP contribution in [0.5, 0.6) is 5.75 Å². The SMILES string of the molecule is CN1CC[C@@]2(O)Oc3c(ccc4ccccc34)C[C@@H]2C1. The molecule has 104 valence electrons. The molecule has 20 heavy (non-hydrogen) atoms. The molecule has 1 fully saturated rings. The molecule has 3 nitrogen and oxygen atoms in total. The van der Waals surface area contributed by atoms with Gasteiger partial charge in [0, 0.05) is 30.8 Å². The highest BCUT2D eigenvalue weighted by atomic mass is 16.6. The molecule has 0 saturated carbocycles. The monoisotopic (exact) mass is 269 g/mol. The highest BCUT2D eigenvalue weighted by molar-refractivity contribution is 5.89. The van der Waals surface area contributed by atoms with Crippen molar-refractivity contribution in [2.24, 2.45) is 5.92 Å². The summed E-state index contributed by atoms with van der Waals surface area (Å²) in [6.45, 7) is 1.77. The predicted molar refractivity (Wildman–Crippen MR) is 78.8 cm³/mol. The maximum Gasteiger partial charge on any atom is 0.213 e. The third kappa shape index (κ3) is 1.74. The lowest BCUT2D eigenvalue weighted by Gasteiger charge is -2.46. The van der Waals surface area contributed by atoms with E-state index in [0.717, 1.165) is 30.6 Å². The van der Waals surface area contributed by atoms with Gasteiger partial charge < -0.3 is 14.7 Å². The molecule has 0 radical (unpaired) electrons. The van der Waals surface area contributed by atoms with Crippen LogP contribution in [0.4, 0.5) is 0 Å². The number of piperidine rings is 1. The Kier molecular flexibility index (Phi) is 2.56. The Balaban J connectivity index is 1.84. The zero-order chi connectivity index (χ0) is 13.7. The fourth-order valence-corrected chi connectivity index (χ4v) is 3.54. The highest BCUT2D eigenvalue weighted by Crippen LogP contribution is 2.43. The van der Waals surface area contributed by atoms with Crippen molar-refractivity contribution in [3.63, 3.8) is 0 Å². The van der Waals surface area contributed by atoms with E-state index in [4.69, 9.17) is 4.74 Å². The van der Waals surface area contributed by atoms with Gasteiger partial charge in [-0.05, 0) is 24.4 Å². The highest BCUT2D eigenvalue weighted by Gasteiger charge is 2.46. The van der Waals surface area contributed by atoms with Crippen molar-refractivity contribution in [2.45, 2.75) is 18.6 Å². The molecule has 0 aromatic heterocycles. The van der Waals surface area contributed by atoms with Crippen LogP contribution in [0.2, 0.25) is 0 Å². The van der Waals surface area contributed by atoms with Crippen LogP contribution in [0, 0.1) is 5.92 Å². The zero-order valence-corrected chi connectivity index (χ0v) is 11.7. The summed E-state index contributed by atoms with van der Waals surface area (Å²) in [6, 6.07) is 12.5. The van der Waals surface area contributed by atoms with Crippen LogP contribution in [-0.2, 0) is 6.42 Å². The molecular weight excluding hydrogens is 250 g/mol. The molecule has 2 atom stereocenters. The summed E-state index contributed by atoms with van der Waals surface area (Å²) in [6.07, 6.45) is 1.57. The van der Waals surface area contributed by atoms with Crippen molar-refractivity contribution >= 4 is 10.8 Å². The van der Waals surface area contributed by atoms with Gasteiger partial charge in [-0.2, -0.15) is 0 Å². The zero-order valence-electron chi connectivity index (χ0n) is 11.7. The molecule has 0 bridgehead atoms. The maximum absolute atomic E-state index is 10.9. The molecule has 2 aromatic rings. The number of fused-ring (bicyclic) bond motifs is 4. The Bertz CT molecular complexity index is 669. The second kappa shape index (κ2) is 4.21. The van der Waals surface area contributed by atoms with Crippen LogP contribution in [0.1, 0.15) is 12.0 Å². The summed E-state index contributed by atoms with van der Waals surface area (Å²) in [5, 5.41) is 13.1. The normalized spacial score (nSPS) is 29.6. The number of likely N-dealkylation sites (tertiary alicyclic amines) is 1. The van der Waals surface area contributed by atoms with E-state index >= 15 is 0 Å². The molecule has 1 N–H and O–H groups in total. The van der Waals surface area contributed by atoms with E-state index in [0.29, 0.717) is 6.42 Å². The minimum absolute atomic E-state index is 0.162. The fraction of sp³-hybridized carbons (Fsp3) is 0.412. The van der Waals surface area contributed by atoms with E-state index in [1.54, 1.807) is 0 Å². The third-order valence-electron chi connectivity index (χ3n) is 4.73. The standard InChI is InChI=1S/C17H19NO2/c1-18-9-8-17(19)14(11-18)10-13-7-6-12-4-2-3-5-15(12)16(13)20-17/h2-7,14,19H,8-11H2,1H3/t14-,17-/m1/s1. The molecule has 2 aliphatic heterocycles. The molecular formula is C17H19NO2.